The Bertz CT molecular complexity index is 753. The number of hydrazone groups is 1. The fourth-order valence-electron chi connectivity index (χ4n) is 1.67. The molecule has 0 amide bonds. The van der Waals surface area contributed by atoms with Gasteiger partial charge < -0.3 is 5.11 Å². The number of para-hydroxylation sites is 1. The van der Waals surface area contributed by atoms with Crippen LogP contribution in [0.5, 0.6) is 5.75 Å². The SMILES string of the molecule is Cc1ccc(S(=O)(=O)N(C)N=Cc2ccccc2O)cc1. The highest BCUT2D eigenvalue weighted by atomic mass is 32.2. The molecule has 2 aromatic carbocycles. The fraction of sp³-hybridized carbons (Fsp3) is 0.133. The van der Waals surface area contributed by atoms with E-state index in [0.717, 1.165) is 9.98 Å². The molecule has 0 aliphatic heterocycles. The van der Waals surface area contributed by atoms with Crippen LogP contribution in [-0.4, -0.2) is 31.2 Å². The summed E-state index contributed by atoms with van der Waals surface area (Å²) < 4.78 is 25.5. The second kappa shape index (κ2) is 5.97. The summed E-state index contributed by atoms with van der Waals surface area (Å²) in [6.07, 6.45) is 1.31. The van der Waals surface area contributed by atoms with Gasteiger partial charge in [-0.05, 0) is 31.2 Å². The first-order valence-corrected chi connectivity index (χ1v) is 7.73. The van der Waals surface area contributed by atoms with Gasteiger partial charge in [0.2, 0.25) is 0 Å². The van der Waals surface area contributed by atoms with Gasteiger partial charge in [-0.1, -0.05) is 29.8 Å². The van der Waals surface area contributed by atoms with Crippen molar-refractivity contribution < 1.29 is 13.5 Å². The quantitative estimate of drug-likeness (QED) is 0.696. The third-order valence-corrected chi connectivity index (χ3v) is 4.62. The van der Waals surface area contributed by atoms with Crippen LogP contribution in [0.25, 0.3) is 0 Å². The van der Waals surface area contributed by atoms with E-state index in [-0.39, 0.29) is 10.6 Å². The monoisotopic (exact) mass is 304 g/mol. The molecule has 0 aliphatic carbocycles. The van der Waals surface area contributed by atoms with E-state index in [2.05, 4.69) is 5.10 Å². The van der Waals surface area contributed by atoms with Gasteiger partial charge in [0.25, 0.3) is 10.0 Å². The third-order valence-electron chi connectivity index (χ3n) is 2.96. The molecule has 0 unspecified atom stereocenters. The van der Waals surface area contributed by atoms with Gasteiger partial charge in [-0.15, -0.1) is 0 Å². The molecule has 2 rings (SSSR count). The number of aromatic hydroxyl groups is 1. The van der Waals surface area contributed by atoms with E-state index >= 15 is 0 Å². The van der Waals surface area contributed by atoms with E-state index in [1.165, 1.54) is 31.5 Å². The first-order chi connectivity index (χ1) is 9.91. The van der Waals surface area contributed by atoms with Crippen molar-refractivity contribution in [3.63, 3.8) is 0 Å². The fourth-order valence-corrected chi connectivity index (χ4v) is 2.62. The maximum Gasteiger partial charge on any atom is 0.278 e. The second-order valence-electron chi connectivity index (χ2n) is 4.56. The van der Waals surface area contributed by atoms with Crippen molar-refractivity contribution in [1.82, 2.24) is 4.41 Å². The molecule has 1 N–H and O–H groups in total. The van der Waals surface area contributed by atoms with Crippen LogP contribution in [0.3, 0.4) is 0 Å². The van der Waals surface area contributed by atoms with Crippen LogP contribution in [0.4, 0.5) is 0 Å². The molecule has 0 bridgehead atoms. The summed E-state index contributed by atoms with van der Waals surface area (Å²) in [6.45, 7) is 1.89. The van der Waals surface area contributed by atoms with Crippen LogP contribution in [0.1, 0.15) is 11.1 Å². The lowest BCUT2D eigenvalue weighted by Crippen LogP contribution is -2.21. The molecule has 0 fully saturated rings. The van der Waals surface area contributed by atoms with Gasteiger partial charge in [-0.25, -0.2) is 0 Å². The Morgan fingerprint density at radius 3 is 2.33 bits per heavy atom. The first kappa shape index (κ1) is 15.1. The van der Waals surface area contributed by atoms with Crippen LogP contribution in [0.15, 0.2) is 58.5 Å². The minimum absolute atomic E-state index is 0.0439. The topological polar surface area (TPSA) is 70.0 Å². The first-order valence-electron chi connectivity index (χ1n) is 6.29. The highest BCUT2D eigenvalue weighted by Crippen LogP contribution is 2.16. The van der Waals surface area contributed by atoms with E-state index in [1.807, 2.05) is 6.92 Å². The van der Waals surface area contributed by atoms with E-state index in [1.54, 1.807) is 30.3 Å². The Morgan fingerprint density at radius 2 is 1.71 bits per heavy atom. The zero-order chi connectivity index (χ0) is 15.5. The number of phenolic OH excluding ortho intramolecular Hbond substituents is 1. The molecular weight excluding hydrogens is 288 g/mol. The molecule has 0 saturated heterocycles. The number of hydrogen-bond donors (Lipinski definition) is 1. The third kappa shape index (κ3) is 3.41. The van der Waals surface area contributed by atoms with Crippen LogP contribution in [0, 0.1) is 6.92 Å². The Kier molecular flexibility index (Phi) is 4.28. The average Bonchev–Trinajstić information content (AvgIpc) is 2.46. The van der Waals surface area contributed by atoms with Crippen molar-refractivity contribution in [2.45, 2.75) is 11.8 Å². The largest absolute Gasteiger partial charge is 0.507 e. The summed E-state index contributed by atoms with van der Waals surface area (Å²) >= 11 is 0. The van der Waals surface area contributed by atoms with Gasteiger partial charge in [0.1, 0.15) is 5.75 Å². The summed E-state index contributed by atoms with van der Waals surface area (Å²) in [5.74, 6) is 0.0439. The zero-order valence-corrected chi connectivity index (χ0v) is 12.6. The molecule has 0 atom stereocenters. The number of benzene rings is 2. The minimum atomic E-state index is -3.68. The van der Waals surface area contributed by atoms with Gasteiger partial charge in [-0.2, -0.15) is 17.9 Å². The molecule has 0 aromatic heterocycles. The smallest absolute Gasteiger partial charge is 0.278 e. The Morgan fingerprint density at radius 1 is 1.10 bits per heavy atom. The average molecular weight is 304 g/mol. The Labute approximate surface area is 124 Å². The van der Waals surface area contributed by atoms with Gasteiger partial charge in [0.15, 0.2) is 0 Å². The summed E-state index contributed by atoms with van der Waals surface area (Å²) in [4.78, 5) is 0.171. The van der Waals surface area contributed by atoms with Gasteiger partial charge in [0.05, 0.1) is 11.1 Å². The molecule has 0 heterocycles. The predicted octanol–water partition coefficient (Wildman–Crippen LogP) is 2.36. The van der Waals surface area contributed by atoms with Crippen LogP contribution >= 0.6 is 0 Å². The standard InChI is InChI=1S/C15H16N2O3S/c1-12-7-9-14(10-8-12)21(19,20)17(2)16-11-13-5-3-4-6-15(13)18/h3-11,18H,1-2H3. The zero-order valence-electron chi connectivity index (χ0n) is 11.8. The highest BCUT2D eigenvalue weighted by Gasteiger charge is 2.18. The van der Waals surface area contributed by atoms with Crippen molar-refractivity contribution in [3.8, 4) is 5.75 Å². The number of aryl methyl sites for hydroxylation is 1. The lowest BCUT2D eigenvalue weighted by Gasteiger charge is -2.13. The summed E-state index contributed by atoms with van der Waals surface area (Å²) in [5.41, 5.74) is 1.43. The highest BCUT2D eigenvalue weighted by molar-refractivity contribution is 7.89. The number of rotatable bonds is 4. The van der Waals surface area contributed by atoms with Crippen molar-refractivity contribution in [1.29, 1.82) is 0 Å². The van der Waals surface area contributed by atoms with E-state index in [4.69, 9.17) is 0 Å². The second-order valence-corrected chi connectivity index (χ2v) is 6.51. The van der Waals surface area contributed by atoms with Crippen LogP contribution in [-0.2, 0) is 10.0 Å². The van der Waals surface area contributed by atoms with E-state index in [0.29, 0.717) is 5.56 Å². The Hall–Kier alpha value is -2.34. The molecule has 0 saturated carbocycles. The van der Waals surface area contributed by atoms with Gasteiger partial charge in [0, 0.05) is 12.6 Å². The van der Waals surface area contributed by atoms with Gasteiger partial charge >= 0.3 is 0 Å². The number of sulfonamides is 1. The lowest BCUT2D eigenvalue weighted by atomic mass is 10.2. The minimum Gasteiger partial charge on any atom is -0.507 e. The van der Waals surface area contributed by atoms with E-state index < -0.39 is 10.0 Å². The molecular formula is C15H16N2O3S. The summed E-state index contributed by atoms with van der Waals surface area (Å²) in [7, 11) is -2.33. The number of phenols is 1. The number of hydrogen-bond acceptors (Lipinski definition) is 4. The molecule has 110 valence electrons. The van der Waals surface area contributed by atoms with Crippen molar-refractivity contribution in [2.24, 2.45) is 5.10 Å². The molecule has 5 nitrogen and oxygen atoms in total. The van der Waals surface area contributed by atoms with Crippen molar-refractivity contribution >= 4 is 16.2 Å². The lowest BCUT2D eigenvalue weighted by molar-refractivity contribution is 0.473. The Balaban J connectivity index is 2.25. The van der Waals surface area contributed by atoms with E-state index in [9.17, 15) is 13.5 Å². The maximum atomic E-state index is 12.3. The molecule has 6 heteroatoms. The van der Waals surface area contributed by atoms with Gasteiger partial charge in [-0.3, -0.25) is 0 Å². The number of nitrogens with zero attached hydrogens (tertiary/aromatic N) is 2. The molecule has 0 spiro atoms. The van der Waals surface area contributed by atoms with Crippen molar-refractivity contribution in [2.75, 3.05) is 7.05 Å². The molecule has 2 aromatic rings. The molecule has 21 heavy (non-hydrogen) atoms. The summed E-state index contributed by atoms with van der Waals surface area (Å²) in [5, 5.41) is 13.5. The predicted molar refractivity (Wildman–Crippen MR) is 81.8 cm³/mol. The molecule has 0 aliphatic rings. The van der Waals surface area contributed by atoms with Crippen LogP contribution in [0.2, 0.25) is 0 Å². The maximum absolute atomic E-state index is 12.3. The molecule has 0 radical (unpaired) electrons. The van der Waals surface area contributed by atoms with Crippen LogP contribution < -0.4 is 0 Å². The van der Waals surface area contributed by atoms with Crippen molar-refractivity contribution in [3.05, 3.63) is 59.7 Å². The summed E-state index contributed by atoms with van der Waals surface area (Å²) in [6, 6.07) is 13.1. The normalized spacial score (nSPS) is 11.7.